The van der Waals surface area contributed by atoms with Crippen molar-refractivity contribution in [2.45, 2.75) is 32.1 Å². The Morgan fingerprint density at radius 3 is 2.33 bits per heavy atom. The predicted molar refractivity (Wildman–Crippen MR) is 87.7 cm³/mol. The fourth-order valence-electron chi connectivity index (χ4n) is 2.08. The summed E-state index contributed by atoms with van der Waals surface area (Å²) >= 11 is 0. The second kappa shape index (κ2) is 8.67. The van der Waals surface area contributed by atoms with Gasteiger partial charge in [-0.05, 0) is 18.1 Å². The molecule has 0 fully saturated rings. The third kappa shape index (κ3) is 4.74. The maximum Gasteiger partial charge on any atom is 0.124 e. The summed E-state index contributed by atoms with van der Waals surface area (Å²) in [6.45, 7) is 2.41. The lowest BCUT2D eigenvalue weighted by atomic mass is 10.00. The number of benzene rings is 2. The number of hydrogen-bond donors (Lipinski definition) is 2. The number of rotatable bonds is 6. The quantitative estimate of drug-likeness (QED) is 0.859. The van der Waals surface area contributed by atoms with Crippen molar-refractivity contribution in [2.24, 2.45) is 5.73 Å². The minimum Gasteiger partial charge on any atom is -0.489 e. The molecule has 0 aliphatic carbocycles. The number of hydrogen-bond acceptors (Lipinski definition) is 3. The molecule has 0 aliphatic heterocycles. The topological polar surface area (TPSA) is 55.5 Å². The second-order valence-corrected chi connectivity index (χ2v) is 4.81. The van der Waals surface area contributed by atoms with Gasteiger partial charge in [-0.1, -0.05) is 55.5 Å². The van der Waals surface area contributed by atoms with Crippen LogP contribution in [0.4, 0.5) is 0 Å². The number of para-hydroxylation sites is 1. The van der Waals surface area contributed by atoms with Gasteiger partial charge in [0.25, 0.3) is 0 Å². The number of nitrogens with two attached hydrogens (primary N) is 1. The average molecular weight is 308 g/mol. The third-order valence-corrected chi connectivity index (χ3v) is 3.35. The van der Waals surface area contributed by atoms with Gasteiger partial charge < -0.3 is 15.6 Å². The molecular weight excluding hydrogens is 286 g/mol. The van der Waals surface area contributed by atoms with Crippen molar-refractivity contribution in [2.75, 3.05) is 0 Å². The average Bonchev–Trinajstić information content (AvgIpc) is 2.52. The van der Waals surface area contributed by atoms with Gasteiger partial charge in [-0.3, -0.25) is 0 Å². The SMILES string of the molecule is CC[C@H](O)[C@H](N)c1ccccc1OCc1ccccc1.Cl. The summed E-state index contributed by atoms with van der Waals surface area (Å²) in [4.78, 5) is 0. The fourth-order valence-corrected chi connectivity index (χ4v) is 2.08. The van der Waals surface area contributed by atoms with E-state index in [0.29, 0.717) is 13.0 Å². The molecule has 0 aliphatic rings. The van der Waals surface area contributed by atoms with E-state index >= 15 is 0 Å². The van der Waals surface area contributed by atoms with Gasteiger partial charge in [0.15, 0.2) is 0 Å². The zero-order valence-electron chi connectivity index (χ0n) is 12.1. The van der Waals surface area contributed by atoms with E-state index in [4.69, 9.17) is 10.5 Å². The summed E-state index contributed by atoms with van der Waals surface area (Å²) in [6, 6.07) is 17.2. The summed E-state index contributed by atoms with van der Waals surface area (Å²) in [5, 5.41) is 9.91. The molecule has 3 nitrogen and oxygen atoms in total. The molecule has 2 atom stereocenters. The molecule has 0 unspecified atom stereocenters. The molecule has 2 aromatic rings. The zero-order chi connectivity index (χ0) is 14.4. The van der Waals surface area contributed by atoms with Crippen molar-refractivity contribution in [3.8, 4) is 5.75 Å². The molecule has 2 rings (SSSR count). The lowest BCUT2D eigenvalue weighted by molar-refractivity contribution is 0.138. The van der Waals surface area contributed by atoms with Crippen LogP contribution in [0.3, 0.4) is 0 Å². The van der Waals surface area contributed by atoms with Gasteiger partial charge in [-0.15, -0.1) is 12.4 Å². The molecule has 0 saturated carbocycles. The van der Waals surface area contributed by atoms with Crippen LogP contribution in [-0.2, 0) is 6.61 Å². The molecule has 3 N–H and O–H groups in total. The maximum absolute atomic E-state index is 9.91. The Hall–Kier alpha value is -1.55. The van der Waals surface area contributed by atoms with Crippen LogP contribution < -0.4 is 10.5 Å². The van der Waals surface area contributed by atoms with Crippen LogP contribution in [0.15, 0.2) is 54.6 Å². The molecule has 114 valence electrons. The van der Waals surface area contributed by atoms with Crippen LogP contribution in [0.25, 0.3) is 0 Å². The smallest absolute Gasteiger partial charge is 0.124 e. The van der Waals surface area contributed by atoms with Gasteiger partial charge >= 0.3 is 0 Å². The molecule has 0 amide bonds. The summed E-state index contributed by atoms with van der Waals surface area (Å²) < 4.78 is 5.85. The van der Waals surface area contributed by atoms with Crippen LogP contribution in [0.5, 0.6) is 5.75 Å². The predicted octanol–water partition coefficient (Wildman–Crippen LogP) is 3.46. The highest BCUT2D eigenvalue weighted by Crippen LogP contribution is 2.27. The van der Waals surface area contributed by atoms with Crippen LogP contribution in [0.1, 0.15) is 30.5 Å². The van der Waals surface area contributed by atoms with Gasteiger partial charge in [0.2, 0.25) is 0 Å². The van der Waals surface area contributed by atoms with Gasteiger partial charge in [0.05, 0.1) is 12.1 Å². The number of aliphatic hydroxyl groups excluding tert-OH is 1. The maximum atomic E-state index is 9.91. The first-order valence-corrected chi connectivity index (χ1v) is 6.91. The Bertz CT molecular complexity index is 533. The summed E-state index contributed by atoms with van der Waals surface area (Å²) in [6.07, 6.45) is 0.0604. The minimum atomic E-state index is -0.559. The minimum absolute atomic E-state index is 0. The molecule has 0 saturated heterocycles. The Labute approximate surface area is 132 Å². The first-order chi connectivity index (χ1) is 9.72. The third-order valence-electron chi connectivity index (χ3n) is 3.35. The molecule has 0 spiro atoms. The van der Waals surface area contributed by atoms with Gasteiger partial charge in [0, 0.05) is 5.56 Å². The highest BCUT2D eigenvalue weighted by Gasteiger charge is 2.18. The van der Waals surface area contributed by atoms with Crippen LogP contribution >= 0.6 is 12.4 Å². The standard InChI is InChI=1S/C17H21NO2.ClH/c1-2-15(19)17(18)14-10-6-7-11-16(14)20-12-13-8-4-3-5-9-13;/h3-11,15,17,19H,2,12,18H2,1H3;1H/t15-,17+;/m0./s1. The number of halogens is 1. The zero-order valence-corrected chi connectivity index (χ0v) is 12.9. The Kier molecular flexibility index (Phi) is 7.23. The van der Waals surface area contributed by atoms with E-state index < -0.39 is 12.1 Å². The van der Waals surface area contributed by atoms with Crippen molar-refractivity contribution in [1.82, 2.24) is 0 Å². The van der Waals surface area contributed by atoms with Crippen molar-refractivity contribution in [3.05, 3.63) is 65.7 Å². The molecule has 0 heterocycles. The van der Waals surface area contributed by atoms with Crippen molar-refractivity contribution in [3.63, 3.8) is 0 Å². The van der Waals surface area contributed by atoms with E-state index in [0.717, 1.165) is 16.9 Å². The molecule has 4 heteroatoms. The number of aliphatic hydroxyl groups is 1. The van der Waals surface area contributed by atoms with E-state index in [1.54, 1.807) is 0 Å². The molecule has 2 aromatic carbocycles. The van der Waals surface area contributed by atoms with Crippen LogP contribution in [-0.4, -0.2) is 11.2 Å². The van der Waals surface area contributed by atoms with E-state index in [-0.39, 0.29) is 12.4 Å². The first-order valence-electron chi connectivity index (χ1n) is 6.91. The molecule has 0 radical (unpaired) electrons. The van der Waals surface area contributed by atoms with E-state index in [1.807, 2.05) is 61.5 Å². The first kappa shape index (κ1) is 17.5. The normalized spacial score (nSPS) is 13.1. The van der Waals surface area contributed by atoms with Crippen molar-refractivity contribution >= 4 is 12.4 Å². The van der Waals surface area contributed by atoms with Crippen LogP contribution in [0.2, 0.25) is 0 Å². The van der Waals surface area contributed by atoms with Crippen molar-refractivity contribution < 1.29 is 9.84 Å². The summed E-state index contributed by atoms with van der Waals surface area (Å²) in [5.41, 5.74) is 8.04. The fraction of sp³-hybridized carbons (Fsp3) is 0.294. The molecule has 0 aromatic heterocycles. The Balaban J connectivity index is 0.00000220. The summed E-state index contributed by atoms with van der Waals surface area (Å²) in [5.74, 6) is 0.733. The molecule has 0 bridgehead atoms. The molecule has 21 heavy (non-hydrogen) atoms. The highest BCUT2D eigenvalue weighted by atomic mass is 35.5. The monoisotopic (exact) mass is 307 g/mol. The lowest BCUT2D eigenvalue weighted by Crippen LogP contribution is -2.25. The van der Waals surface area contributed by atoms with E-state index in [9.17, 15) is 5.11 Å². The van der Waals surface area contributed by atoms with E-state index in [1.165, 1.54) is 0 Å². The van der Waals surface area contributed by atoms with Gasteiger partial charge in [-0.2, -0.15) is 0 Å². The Morgan fingerprint density at radius 1 is 1.05 bits per heavy atom. The second-order valence-electron chi connectivity index (χ2n) is 4.81. The molecular formula is C17H22ClNO2. The van der Waals surface area contributed by atoms with Crippen LogP contribution in [0, 0.1) is 0 Å². The highest BCUT2D eigenvalue weighted by molar-refractivity contribution is 5.85. The summed E-state index contributed by atoms with van der Waals surface area (Å²) in [7, 11) is 0. The Morgan fingerprint density at radius 2 is 1.67 bits per heavy atom. The van der Waals surface area contributed by atoms with E-state index in [2.05, 4.69) is 0 Å². The van der Waals surface area contributed by atoms with Gasteiger partial charge in [-0.25, -0.2) is 0 Å². The largest absolute Gasteiger partial charge is 0.489 e. The number of ether oxygens (including phenoxy) is 1. The van der Waals surface area contributed by atoms with Crippen molar-refractivity contribution in [1.29, 1.82) is 0 Å². The van der Waals surface area contributed by atoms with Gasteiger partial charge in [0.1, 0.15) is 12.4 Å². The lowest BCUT2D eigenvalue weighted by Gasteiger charge is -2.20.